The molecule has 1 unspecified atom stereocenters. The second kappa shape index (κ2) is 4.10. The second-order valence-electron chi connectivity index (χ2n) is 5.55. The lowest BCUT2D eigenvalue weighted by molar-refractivity contribution is 0.134. The topological polar surface area (TPSA) is 25.2 Å². The highest BCUT2D eigenvalue weighted by Crippen LogP contribution is 2.35. The fraction of sp³-hybridized carbons (Fsp3) is 0.294. The van der Waals surface area contributed by atoms with Gasteiger partial charge in [-0.2, -0.15) is 0 Å². The van der Waals surface area contributed by atoms with E-state index in [-0.39, 0.29) is 6.10 Å². The fourth-order valence-electron chi connectivity index (χ4n) is 3.02. The number of aliphatic hydroxyl groups is 1. The number of fused-ring (bicyclic) bond motifs is 3. The summed E-state index contributed by atoms with van der Waals surface area (Å²) in [6, 6.07) is 16.9. The zero-order chi connectivity index (χ0) is 12.8. The highest BCUT2D eigenvalue weighted by Gasteiger charge is 2.30. The molecule has 1 N–H and O–H groups in total. The molecule has 0 amide bonds. The number of rotatable bonds is 3. The monoisotopic (exact) mass is 251 g/mol. The Bertz CT molecular complexity index is 686. The number of hydrogen-bond acceptors (Lipinski definition) is 1. The lowest BCUT2D eigenvalue weighted by Crippen LogP contribution is -2.17. The van der Waals surface area contributed by atoms with Crippen molar-refractivity contribution >= 4 is 21.8 Å². The van der Waals surface area contributed by atoms with Crippen molar-refractivity contribution in [3.8, 4) is 0 Å². The van der Waals surface area contributed by atoms with Gasteiger partial charge in [-0.1, -0.05) is 36.4 Å². The molecule has 2 nitrogen and oxygen atoms in total. The van der Waals surface area contributed by atoms with E-state index in [1.54, 1.807) is 0 Å². The predicted molar refractivity (Wildman–Crippen MR) is 78.2 cm³/mol. The smallest absolute Gasteiger partial charge is 0.0747 e. The van der Waals surface area contributed by atoms with Crippen LogP contribution >= 0.6 is 0 Å². The maximum absolute atomic E-state index is 10.3. The maximum atomic E-state index is 10.3. The summed E-state index contributed by atoms with van der Waals surface area (Å²) in [7, 11) is 0. The van der Waals surface area contributed by atoms with Crippen molar-refractivity contribution in [1.82, 2.24) is 4.57 Å². The van der Waals surface area contributed by atoms with E-state index in [9.17, 15) is 5.11 Å². The van der Waals surface area contributed by atoms with E-state index in [0.717, 1.165) is 0 Å². The number of nitrogens with zero attached hydrogens (tertiary/aromatic N) is 1. The third-order valence-corrected chi connectivity index (χ3v) is 4.22. The van der Waals surface area contributed by atoms with E-state index >= 15 is 0 Å². The third-order valence-electron chi connectivity index (χ3n) is 4.22. The first-order valence-electron chi connectivity index (χ1n) is 6.98. The fourth-order valence-corrected chi connectivity index (χ4v) is 3.02. The SMILES string of the molecule is OC(Cn1c2ccccc2c2ccccc21)C1CC1. The number of aromatic nitrogens is 1. The molecule has 19 heavy (non-hydrogen) atoms. The average molecular weight is 251 g/mol. The zero-order valence-electron chi connectivity index (χ0n) is 10.8. The Kier molecular flexibility index (Phi) is 2.39. The third kappa shape index (κ3) is 1.75. The first-order chi connectivity index (χ1) is 9.34. The van der Waals surface area contributed by atoms with Gasteiger partial charge >= 0.3 is 0 Å². The van der Waals surface area contributed by atoms with Gasteiger partial charge in [0.05, 0.1) is 6.10 Å². The van der Waals surface area contributed by atoms with Gasteiger partial charge in [-0.3, -0.25) is 0 Å². The van der Waals surface area contributed by atoms with Crippen LogP contribution in [-0.4, -0.2) is 15.8 Å². The van der Waals surface area contributed by atoms with E-state index in [2.05, 4.69) is 53.1 Å². The highest BCUT2D eigenvalue weighted by atomic mass is 16.3. The van der Waals surface area contributed by atoms with E-state index in [0.29, 0.717) is 12.5 Å². The van der Waals surface area contributed by atoms with Gasteiger partial charge < -0.3 is 9.67 Å². The Morgan fingerprint density at radius 3 is 2.00 bits per heavy atom. The second-order valence-corrected chi connectivity index (χ2v) is 5.55. The summed E-state index contributed by atoms with van der Waals surface area (Å²) in [5, 5.41) is 12.8. The van der Waals surface area contributed by atoms with Gasteiger partial charge in [0.25, 0.3) is 0 Å². The summed E-state index contributed by atoms with van der Waals surface area (Å²) in [6.07, 6.45) is 2.15. The molecule has 0 spiro atoms. The molecule has 0 bridgehead atoms. The van der Waals surface area contributed by atoms with Crippen LogP contribution in [0.2, 0.25) is 0 Å². The van der Waals surface area contributed by atoms with Crippen molar-refractivity contribution in [2.75, 3.05) is 0 Å². The van der Waals surface area contributed by atoms with Crippen molar-refractivity contribution < 1.29 is 5.11 Å². The Balaban J connectivity index is 1.94. The largest absolute Gasteiger partial charge is 0.391 e. The first kappa shape index (κ1) is 11.1. The van der Waals surface area contributed by atoms with Crippen LogP contribution in [0.1, 0.15) is 12.8 Å². The van der Waals surface area contributed by atoms with Crippen molar-refractivity contribution in [2.24, 2.45) is 5.92 Å². The summed E-state index contributed by atoms with van der Waals surface area (Å²) in [4.78, 5) is 0. The zero-order valence-corrected chi connectivity index (χ0v) is 10.8. The minimum absolute atomic E-state index is 0.209. The van der Waals surface area contributed by atoms with Gasteiger partial charge in [0, 0.05) is 28.4 Å². The van der Waals surface area contributed by atoms with Gasteiger partial charge in [-0.05, 0) is 30.9 Å². The number of para-hydroxylation sites is 2. The summed E-state index contributed by atoms with van der Waals surface area (Å²) >= 11 is 0. The average Bonchev–Trinajstić information content (AvgIpc) is 3.26. The number of hydrogen-bond donors (Lipinski definition) is 1. The predicted octanol–water partition coefficient (Wildman–Crippen LogP) is 3.57. The van der Waals surface area contributed by atoms with Crippen molar-refractivity contribution in [1.29, 1.82) is 0 Å². The molecule has 0 aliphatic heterocycles. The van der Waals surface area contributed by atoms with Gasteiger partial charge in [0.15, 0.2) is 0 Å². The number of aliphatic hydroxyl groups excluding tert-OH is 1. The van der Waals surface area contributed by atoms with E-state index in [1.165, 1.54) is 34.6 Å². The van der Waals surface area contributed by atoms with Crippen molar-refractivity contribution in [3.63, 3.8) is 0 Å². The van der Waals surface area contributed by atoms with Crippen LogP contribution in [0.15, 0.2) is 48.5 Å². The molecule has 2 aromatic carbocycles. The molecule has 1 saturated carbocycles. The minimum Gasteiger partial charge on any atom is -0.391 e. The molecule has 1 atom stereocenters. The lowest BCUT2D eigenvalue weighted by atomic mass is 10.2. The van der Waals surface area contributed by atoms with Gasteiger partial charge in [0.2, 0.25) is 0 Å². The van der Waals surface area contributed by atoms with Crippen LogP contribution in [0.5, 0.6) is 0 Å². The lowest BCUT2D eigenvalue weighted by Gasteiger charge is -2.13. The molecule has 3 aromatic rings. The summed E-state index contributed by atoms with van der Waals surface area (Å²) in [5.74, 6) is 0.514. The van der Waals surface area contributed by atoms with E-state index in [1.807, 2.05) is 0 Å². The molecule has 1 heterocycles. The van der Waals surface area contributed by atoms with Crippen molar-refractivity contribution in [2.45, 2.75) is 25.5 Å². The summed E-state index contributed by atoms with van der Waals surface area (Å²) < 4.78 is 2.27. The Morgan fingerprint density at radius 2 is 1.47 bits per heavy atom. The van der Waals surface area contributed by atoms with Gasteiger partial charge in [-0.25, -0.2) is 0 Å². The molecule has 2 heteroatoms. The Hall–Kier alpha value is -1.80. The van der Waals surface area contributed by atoms with Crippen LogP contribution < -0.4 is 0 Å². The molecule has 96 valence electrons. The van der Waals surface area contributed by atoms with E-state index in [4.69, 9.17) is 0 Å². The van der Waals surface area contributed by atoms with Gasteiger partial charge in [-0.15, -0.1) is 0 Å². The maximum Gasteiger partial charge on any atom is 0.0747 e. The minimum atomic E-state index is -0.209. The highest BCUT2D eigenvalue weighted by molar-refractivity contribution is 6.07. The van der Waals surface area contributed by atoms with Crippen LogP contribution in [0.4, 0.5) is 0 Å². The van der Waals surface area contributed by atoms with Crippen LogP contribution in [0.3, 0.4) is 0 Å². The van der Waals surface area contributed by atoms with E-state index < -0.39 is 0 Å². The molecule has 1 aliphatic rings. The quantitative estimate of drug-likeness (QED) is 0.756. The van der Waals surface area contributed by atoms with Crippen LogP contribution in [0.25, 0.3) is 21.8 Å². The van der Waals surface area contributed by atoms with Crippen LogP contribution in [0, 0.1) is 5.92 Å². The summed E-state index contributed by atoms with van der Waals surface area (Å²) in [5.41, 5.74) is 2.45. The molecule has 0 saturated heterocycles. The van der Waals surface area contributed by atoms with Crippen molar-refractivity contribution in [3.05, 3.63) is 48.5 Å². The Morgan fingerprint density at radius 1 is 0.947 bits per heavy atom. The molecule has 1 fully saturated rings. The number of benzene rings is 2. The molecule has 0 radical (unpaired) electrons. The molecular formula is C17H17NO. The van der Waals surface area contributed by atoms with Gasteiger partial charge in [0.1, 0.15) is 0 Å². The first-order valence-corrected chi connectivity index (χ1v) is 6.98. The molecule has 1 aliphatic carbocycles. The van der Waals surface area contributed by atoms with Crippen LogP contribution in [-0.2, 0) is 6.54 Å². The molecule has 1 aromatic heterocycles. The standard InChI is InChI=1S/C17H17NO/c19-17(12-9-10-12)11-18-15-7-3-1-5-13(15)14-6-2-4-8-16(14)18/h1-8,12,17,19H,9-11H2. The molecular weight excluding hydrogens is 234 g/mol. The summed E-state index contributed by atoms with van der Waals surface area (Å²) in [6.45, 7) is 0.707. The normalized spacial score (nSPS) is 17.1. The Labute approximate surface area is 112 Å². The molecule has 4 rings (SSSR count).